The summed E-state index contributed by atoms with van der Waals surface area (Å²) in [4.78, 5) is 66.7. The van der Waals surface area contributed by atoms with E-state index in [2.05, 4.69) is 16.0 Å². The van der Waals surface area contributed by atoms with Gasteiger partial charge in [-0.2, -0.15) is 13.2 Å². The van der Waals surface area contributed by atoms with Gasteiger partial charge < -0.3 is 37.3 Å². The van der Waals surface area contributed by atoms with Crippen molar-refractivity contribution < 1.29 is 55.4 Å². The summed E-state index contributed by atoms with van der Waals surface area (Å²) >= 11 is 0. The molecule has 2 heterocycles. The summed E-state index contributed by atoms with van der Waals surface area (Å²) in [5, 5.41) is 21.9. The minimum atomic E-state index is -4.61. The number of rotatable bonds is 18. The number of sulfone groups is 1. The number of hydrogen-bond acceptors (Lipinski definition) is 11. The number of alkyl halides is 3. The van der Waals surface area contributed by atoms with Crippen LogP contribution >= 0.6 is 0 Å². The fourth-order valence-electron chi connectivity index (χ4n) is 7.83. The van der Waals surface area contributed by atoms with E-state index >= 15 is 0 Å². The van der Waals surface area contributed by atoms with Gasteiger partial charge in [0.25, 0.3) is 17.7 Å². The van der Waals surface area contributed by atoms with Crippen LogP contribution in [0, 0.1) is 6.92 Å². The van der Waals surface area contributed by atoms with E-state index in [1.165, 1.54) is 41.4 Å². The number of nitrogens with one attached hydrogen (secondary N) is 3. The number of carbonyl (C=O) groups is 5. The molecule has 3 aromatic rings. The molecule has 2 aliphatic heterocycles. The lowest BCUT2D eigenvalue weighted by Crippen LogP contribution is -2.66. The number of hydrogen-bond donors (Lipinski definition) is 6. The van der Waals surface area contributed by atoms with Gasteiger partial charge in [0.1, 0.15) is 16.8 Å². The largest absolute Gasteiger partial charge is 0.444 e. The van der Waals surface area contributed by atoms with Crippen molar-refractivity contribution >= 4 is 39.6 Å². The lowest BCUT2D eigenvalue weighted by atomic mass is 9.85. The zero-order chi connectivity index (χ0) is 48.8. The van der Waals surface area contributed by atoms with E-state index in [9.17, 15) is 50.7 Å². The average molecular weight is 942 g/mol. The second-order valence-corrected chi connectivity index (χ2v) is 19.5. The van der Waals surface area contributed by atoms with E-state index in [0.717, 1.165) is 22.7 Å². The molecule has 16 nitrogen and oxygen atoms in total. The molecule has 0 spiro atoms. The van der Waals surface area contributed by atoms with Crippen LogP contribution in [0.15, 0.2) is 88.3 Å². The van der Waals surface area contributed by atoms with E-state index in [1.54, 1.807) is 58.9 Å². The van der Waals surface area contributed by atoms with Gasteiger partial charge in [0.2, 0.25) is 15.7 Å². The van der Waals surface area contributed by atoms with Crippen LogP contribution < -0.4 is 27.4 Å². The van der Waals surface area contributed by atoms with Crippen LogP contribution in [0.3, 0.4) is 0 Å². The molecule has 0 aromatic heterocycles. The predicted octanol–water partition coefficient (Wildman–Crippen LogP) is 4.53. The summed E-state index contributed by atoms with van der Waals surface area (Å²) in [5.41, 5.74) is 9.90. The number of fused-ring (bicyclic) bond motifs is 1. The second kappa shape index (κ2) is 20.8. The van der Waals surface area contributed by atoms with Crippen LogP contribution in [0.4, 0.5) is 18.0 Å². The number of aliphatic hydroxyl groups is 1. The highest BCUT2D eigenvalue weighted by Gasteiger charge is 2.56. The van der Waals surface area contributed by atoms with Gasteiger partial charge in [0.05, 0.1) is 27.4 Å². The Balaban J connectivity index is 1.52. The summed E-state index contributed by atoms with van der Waals surface area (Å²) in [6.07, 6.45) is -6.54. The molecule has 1 saturated heterocycles. The number of benzene rings is 3. The number of ether oxygens (including phenoxy) is 1. The van der Waals surface area contributed by atoms with Crippen LogP contribution in [0.2, 0.25) is 0 Å². The Morgan fingerprint density at radius 1 is 0.939 bits per heavy atom. The quantitative estimate of drug-likeness (QED) is 0.0969. The molecule has 5 rings (SSSR count). The SMILES string of the molecule is CCCC1C(S(=O)(=O)c2ccc(C)cc2)=C(C(=O)N[C@@H](CCCCNC(=O)OC(C)(C)C)C(O)C(=O)NCc2ccc(C(N)=O)cc2)N2C(=O)C(N)(Cc3ccc(C(F)(F)F)cc3)CCN12. The van der Waals surface area contributed by atoms with Gasteiger partial charge in [0, 0.05) is 25.2 Å². The molecule has 8 N–H and O–H groups in total. The Morgan fingerprint density at radius 2 is 1.56 bits per heavy atom. The first kappa shape index (κ1) is 51.2. The fraction of sp³-hybridized carbons (Fsp3) is 0.457. The van der Waals surface area contributed by atoms with Crippen molar-refractivity contribution in [1.29, 1.82) is 0 Å². The highest BCUT2D eigenvalue weighted by Crippen LogP contribution is 2.43. The maximum atomic E-state index is 15.0. The Kier molecular flexibility index (Phi) is 16.1. The lowest BCUT2D eigenvalue weighted by molar-refractivity contribution is -0.160. The number of halogens is 3. The maximum Gasteiger partial charge on any atom is 0.416 e. The monoisotopic (exact) mass is 941 g/mol. The molecule has 0 saturated carbocycles. The number of nitrogens with zero attached hydrogens (tertiary/aromatic N) is 2. The molecule has 0 bridgehead atoms. The first-order chi connectivity index (χ1) is 30.9. The number of aryl methyl sites for hydroxylation is 1. The Bertz CT molecular complexity index is 2410. The molecule has 5 amide bonds. The second-order valence-electron chi connectivity index (χ2n) is 17.6. The van der Waals surface area contributed by atoms with Gasteiger partial charge >= 0.3 is 12.3 Å². The predicted molar refractivity (Wildman–Crippen MR) is 237 cm³/mol. The van der Waals surface area contributed by atoms with Crippen molar-refractivity contribution in [2.75, 3.05) is 13.1 Å². The number of aliphatic hydroxyl groups excluding tert-OH is 1. The number of alkyl carbamates (subject to hydrolysis) is 1. The molecule has 66 heavy (non-hydrogen) atoms. The normalized spacial score (nSPS) is 18.9. The Hall–Kier alpha value is -5.83. The summed E-state index contributed by atoms with van der Waals surface area (Å²) in [5.74, 6) is -3.59. The number of nitrogens with two attached hydrogens (primary N) is 2. The number of hydrazine groups is 1. The highest BCUT2D eigenvalue weighted by atomic mass is 32.2. The van der Waals surface area contributed by atoms with Gasteiger partial charge in [-0.25, -0.2) is 23.2 Å². The molecule has 2 aliphatic rings. The van der Waals surface area contributed by atoms with Crippen LogP contribution in [0.5, 0.6) is 0 Å². The van der Waals surface area contributed by atoms with Crippen LogP contribution in [0.1, 0.15) is 98.8 Å². The molecule has 0 aliphatic carbocycles. The van der Waals surface area contributed by atoms with Crippen molar-refractivity contribution in [2.45, 2.75) is 127 Å². The molecule has 358 valence electrons. The van der Waals surface area contributed by atoms with Crippen molar-refractivity contribution in [2.24, 2.45) is 11.5 Å². The lowest BCUT2D eigenvalue weighted by Gasteiger charge is -2.45. The molecule has 3 aromatic carbocycles. The zero-order valence-corrected chi connectivity index (χ0v) is 38.4. The summed E-state index contributed by atoms with van der Waals surface area (Å²) in [7, 11) is -4.57. The van der Waals surface area contributed by atoms with E-state index < -0.39 is 91.2 Å². The summed E-state index contributed by atoms with van der Waals surface area (Å²) in [6, 6.07) is 13.6. The van der Waals surface area contributed by atoms with Gasteiger partial charge in [0.15, 0.2) is 6.10 Å². The van der Waals surface area contributed by atoms with Gasteiger partial charge in [-0.3, -0.25) is 19.2 Å². The van der Waals surface area contributed by atoms with E-state index in [4.69, 9.17) is 16.2 Å². The van der Waals surface area contributed by atoms with E-state index in [1.807, 2.05) is 0 Å². The summed E-state index contributed by atoms with van der Waals surface area (Å²) in [6.45, 7) is 8.66. The third-order valence-corrected chi connectivity index (χ3v) is 13.2. The van der Waals surface area contributed by atoms with Crippen molar-refractivity contribution in [3.05, 3.63) is 111 Å². The number of primary amides is 1. The van der Waals surface area contributed by atoms with Crippen LogP contribution in [0.25, 0.3) is 0 Å². The topological polar surface area (TPSA) is 244 Å². The molecular formula is C46H58F3N7O9S. The van der Waals surface area contributed by atoms with Crippen molar-refractivity contribution in [3.63, 3.8) is 0 Å². The third kappa shape index (κ3) is 12.3. The fourth-order valence-corrected chi connectivity index (χ4v) is 9.61. The zero-order valence-electron chi connectivity index (χ0n) is 37.5. The third-order valence-electron chi connectivity index (χ3n) is 11.3. The molecule has 20 heteroatoms. The number of carbonyl (C=O) groups excluding carboxylic acids is 5. The minimum absolute atomic E-state index is 0.0310. The Morgan fingerprint density at radius 3 is 2.14 bits per heavy atom. The molecule has 3 unspecified atom stereocenters. The number of amides is 5. The number of unbranched alkanes of at least 4 members (excludes halogenated alkanes) is 1. The van der Waals surface area contributed by atoms with E-state index in [-0.39, 0.29) is 62.2 Å². The first-order valence-electron chi connectivity index (χ1n) is 21.6. The van der Waals surface area contributed by atoms with Crippen LogP contribution in [-0.4, -0.2) is 95.7 Å². The van der Waals surface area contributed by atoms with Gasteiger partial charge in [-0.05, 0) is 114 Å². The van der Waals surface area contributed by atoms with Gasteiger partial charge in [-0.1, -0.05) is 55.3 Å². The standard InChI is InChI=1S/C46H58F3N7O9S/c1-6-9-35-38(66(63,64)33-21-11-28(2)12-22-33)36(56-42(61)45(51,23-25-55(35)56)26-29-15-19-32(20-16-29)46(47,48)49)40(59)54-34(10-7-8-24-52-43(62)65-44(3,4)5)37(57)41(60)53-27-30-13-17-31(18-14-30)39(50)58/h11-22,34-35,37,57H,6-10,23-27,51H2,1-5H3,(H2,50,58)(H,52,62)(H,53,60)(H,54,59)/t34-,35?,37?,45?/m0/s1. The highest BCUT2D eigenvalue weighted by molar-refractivity contribution is 7.95. The van der Waals surface area contributed by atoms with Crippen LogP contribution in [-0.2, 0) is 48.1 Å². The molecule has 1 fully saturated rings. The smallest absolute Gasteiger partial charge is 0.416 e. The van der Waals surface area contributed by atoms with E-state index in [0.29, 0.717) is 24.0 Å². The molecular weight excluding hydrogens is 884 g/mol. The van der Waals surface area contributed by atoms with Crippen molar-refractivity contribution in [1.82, 2.24) is 26.0 Å². The molecule has 4 atom stereocenters. The Labute approximate surface area is 382 Å². The average Bonchev–Trinajstić information content (AvgIpc) is 3.58. The van der Waals surface area contributed by atoms with Crippen molar-refractivity contribution in [3.8, 4) is 0 Å². The van der Waals surface area contributed by atoms with Gasteiger partial charge in [-0.15, -0.1) is 0 Å². The summed E-state index contributed by atoms with van der Waals surface area (Å²) < 4.78 is 75.2. The minimum Gasteiger partial charge on any atom is -0.444 e. The maximum absolute atomic E-state index is 15.0. The first-order valence-corrected chi connectivity index (χ1v) is 23.1. The molecule has 0 radical (unpaired) electrons.